The Morgan fingerprint density at radius 1 is 1.62 bits per heavy atom. The summed E-state index contributed by atoms with van der Waals surface area (Å²) >= 11 is 0. The van der Waals surface area contributed by atoms with Crippen molar-refractivity contribution in [3.05, 3.63) is 24.5 Å². The number of hydrogen-bond acceptors (Lipinski definition) is 3. The molecule has 1 aromatic heterocycles. The zero-order valence-corrected chi connectivity index (χ0v) is 7.24. The minimum Gasteiger partial charge on any atom is -0.291 e. The first-order valence-electron chi connectivity index (χ1n) is 3.70. The van der Waals surface area contributed by atoms with Crippen LogP contribution in [0.4, 0.5) is 10.5 Å². The molecule has 1 rings (SSSR count). The SMILES string of the molecule is C[n+]1cccc(NNC(=O)NN)c1. The van der Waals surface area contributed by atoms with Crippen molar-refractivity contribution < 1.29 is 9.36 Å². The third kappa shape index (κ3) is 2.96. The molecule has 0 aliphatic carbocycles. The number of urea groups is 1. The second-order valence-electron chi connectivity index (χ2n) is 2.48. The van der Waals surface area contributed by atoms with Crippen LogP contribution < -0.4 is 26.7 Å². The molecule has 5 N–H and O–H groups in total. The molecule has 0 radical (unpaired) electrons. The predicted octanol–water partition coefficient (Wildman–Crippen LogP) is -0.989. The molecule has 0 spiro atoms. The van der Waals surface area contributed by atoms with Crippen molar-refractivity contribution in [1.29, 1.82) is 0 Å². The molecule has 0 bridgehead atoms. The van der Waals surface area contributed by atoms with Crippen LogP contribution in [-0.4, -0.2) is 6.03 Å². The van der Waals surface area contributed by atoms with Gasteiger partial charge in [0.25, 0.3) is 0 Å². The van der Waals surface area contributed by atoms with E-state index in [1.54, 1.807) is 0 Å². The monoisotopic (exact) mass is 182 g/mol. The molecule has 0 saturated heterocycles. The van der Waals surface area contributed by atoms with Gasteiger partial charge in [0.15, 0.2) is 12.4 Å². The van der Waals surface area contributed by atoms with Gasteiger partial charge in [-0.3, -0.25) is 16.3 Å². The van der Waals surface area contributed by atoms with E-state index in [1.165, 1.54) is 0 Å². The van der Waals surface area contributed by atoms with Gasteiger partial charge in [0.2, 0.25) is 0 Å². The fourth-order valence-corrected chi connectivity index (χ4v) is 0.827. The summed E-state index contributed by atoms with van der Waals surface area (Å²) < 4.78 is 1.85. The number of rotatable bonds is 2. The van der Waals surface area contributed by atoms with Gasteiger partial charge < -0.3 is 0 Å². The number of carbonyl (C=O) groups excluding carboxylic acids is 1. The number of amides is 2. The van der Waals surface area contributed by atoms with Gasteiger partial charge in [0.1, 0.15) is 12.7 Å². The maximum Gasteiger partial charge on any atom is 0.347 e. The van der Waals surface area contributed by atoms with Gasteiger partial charge in [-0.15, -0.1) is 0 Å². The summed E-state index contributed by atoms with van der Waals surface area (Å²) in [7, 11) is 1.88. The molecule has 13 heavy (non-hydrogen) atoms. The van der Waals surface area contributed by atoms with E-state index < -0.39 is 6.03 Å². The van der Waals surface area contributed by atoms with Crippen molar-refractivity contribution in [1.82, 2.24) is 10.9 Å². The molecule has 0 aliphatic heterocycles. The summed E-state index contributed by atoms with van der Waals surface area (Å²) in [4.78, 5) is 10.7. The standard InChI is InChI=1S/C7H11N5O/c1-12-4-2-3-6(5-12)10-11-7(13)9-8/h2-5,10H,8H2,1H3,(H-,9,11,13)/p+1. The van der Waals surface area contributed by atoms with E-state index in [1.807, 2.05) is 41.6 Å². The zero-order valence-electron chi connectivity index (χ0n) is 7.24. The molecule has 6 heteroatoms. The molecule has 2 amide bonds. The van der Waals surface area contributed by atoms with E-state index in [-0.39, 0.29) is 0 Å². The normalized spacial score (nSPS) is 9.08. The van der Waals surface area contributed by atoms with E-state index in [2.05, 4.69) is 10.9 Å². The Labute approximate surface area is 75.7 Å². The van der Waals surface area contributed by atoms with Crippen LogP contribution in [0.1, 0.15) is 0 Å². The number of hydrazine groups is 2. The van der Waals surface area contributed by atoms with Gasteiger partial charge >= 0.3 is 6.03 Å². The summed E-state index contributed by atoms with van der Waals surface area (Å²) in [6.07, 6.45) is 3.70. The van der Waals surface area contributed by atoms with Crippen LogP contribution in [0.5, 0.6) is 0 Å². The highest BCUT2D eigenvalue weighted by molar-refractivity contribution is 5.74. The number of nitrogens with zero attached hydrogens (tertiary/aromatic N) is 1. The highest BCUT2D eigenvalue weighted by atomic mass is 16.2. The van der Waals surface area contributed by atoms with E-state index in [4.69, 9.17) is 5.84 Å². The Hall–Kier alpha value is -1.82. The molecule has 70 valence electrons. The van der Waals surface area contributed by atoms with Crippen LogP contribution >= 0.6 is 0 Å². The lowest BCUT2D eigenvalue weighted by Gasteiger charge is -2.05. The molecule has 6 nitrogen and oxygen atoms in total. The minimum atomic E-state index is -0.494. The van der Waals surface area contributed by atoms with Crippen molar-refractivity contribution in [2.75, 3.05) is 5.43 Å². The quantitative estimate of drug-likeness (QED) is 0.205. The van der Waals surface area contributed by atoms with Crippen LogP contribution in [0, 0.1) is 0 Å². The predicted molar refractivity (Wildman–Crippen MR) is 47.1 cm³/mol. The topological polar surface area (TPSA) is 83.1 Å². The maximum atomic E-state index is 10.7. The highest BCUT2D eigenvalue weighted by Crippen LogP contribution is 1.97. The lowest BCUT2D eigenvalue weighted by molar-refractivity contribution is -0.670. The molecule has 1 heterocycles. The zero-order chi connectivity index (χ0) is 9.68. The number of nitrogens with one attached hydrogen (secondary N) is 3. The molecule has 0 aliphatic rings. The van der Waals surface area contributed by atoms with Gasteiger partial charge in [-0.25, -0.2) is 15.2 Å². The molecule has 0 fully saturated rings. The lowest BCUT2D eigenvalue weighted by Crippen LogP contribution is -2.43. The van der Waals surface area contributed by atoms with Crippen LogP contribution in [0.15, 0.2) is 24.5 Å². The Morgan fingerprint density at radius 2 is 2.38 bits per heavy atom. The maximum absolute atomic E-state index is 10.7. The largest absolute Gasteiger partial charge is 0.347 e. The van der Waals surface area contributed by atoms with Crippen LogP contribution in [-0.2, 0) is 7.05 Å². The molecule has 0 atom stereocenters. The van der Waals surface area contributed by atoms with Crippen molar-refractivity contribution in [2.45, 2.75) is 0 Å². The number of aryl methyl sites for hydroxylation is 1. The fraction of sp³-hybridized carbons (Fsp3) is 0.143. The second-order valence-corrected chi connectivity index (χ2v) is 2.48. The number of nitrogens with two attached hydrogens (primary N) is 1. The van der Waals surface area contributed by atoms with Crippen molar-refractivity contribution in [2.24, 2.45) is 12.9 Å². The summed E-state index contributed by atoms with van der Waals surface area (Å²) in [5, 5.41) is 0. The van der Waals surface area contributed by atoms with E-state index in [0.29, 0.717) is 0 Å². The number of pyridine rings is 1. The van der Waals surface area contributed by atoms with Gasteiger partial charge in [-0.2, -0.15) is 0 Å². The first-order chi connectivity index (χ1) is 6.22. The van der Waals surface area contributed by atoms with Crippen LogP contribution in [0.2, 0.25) is 0 Å². The first kappa shape index (κ1) is 9.27. The smallest absolute Gasteiger partial charge is 0.291 e. The average molecular weight is 182 g/mol. The Morgan fingerprint density at radius 3 is 3.00 bits per heavy atom. The Balaban J connectivity index is 2.50. The lowest BCUT2D eigenvalue weighted by atomic mass is 10.4. The average Bonchev–Trinajstić information content (AvgIpc) is 2.14. The van der Waals surface area contributed by atoms with Crippen LogP contribution in [0.25, 0.3) is 0 Å². The molecule has 1 aromatic rings. The van der Waals surface area contributed by atoms with Gasteiger partial charge in [0.05, 0.1) is 0 Å². The summed E-state index contributed by atoms with van der Waals surface area (Å²) in [6, 6.07) is 3.17. The number of carbonyl (C=O) groups is 1. The Kier molecular flexibility index (Phi) is 3.04. The molecular formula is C7H12N5O+. The number of anilines is 1. The Bertz CT molecular complexity index is 301. The summed E-state index contributed by atoms with van der Waals surface area (Å²) in [5.74, 6) is 4.86. The van der Waals surface area contributed by atoms with E-state index in [9.17, 15) is 4.79 Å². The number of aromatic nitrogens is 1. The van der Waals surface area contributed by atoms with Crippen molar-refractivity contribution >= 4 is 11.7 Å². The van der Waals surface area contributed by atoms with E-state index in [0.717, 1.165) is 5.69 Å². The van der Waals surface area contributed by atoms with Crippen molar-refractivity contribution in [3.63, 3.8) is 0 Å². The third-order valence-corrected chi connectivity index (χ3v) is 1.39. The molecule has 0 aromatic carbocycles. The molecule has 0 saturated carbocycles. The number of hydrogen-bond donors (Lipinski definition) is 4. The molecule has 0 unspecified atom stereocenters. The van der Waals surface area contributed by atoms with Gasteiger partial charge in [-0.05, 0) is 6.07 Å². The minimum absolute atomic E-state index is 0.494. The van der Waals surface area contributed by atoms with Gasteiger partial charge in [0, 0.05) is 6.07 Å². The third-order valence-electron chi connectivity index (χ3n) is 1.39. The highest BCUT2D eigenvalue weighted by Gasteiger charge is 1.98. The fourth-order valence-electron chi connectivity index (χ4n) is 0.827. The first-order valence-corrected chi connectivity index (χ1v) is 3.70. The van der Waals surface area contributed by atoms with Crippen molar-refractivity contribution in [3.8, 4) is 0 Å². The van der Waals surface area contributed by atoms with Crippen LogP contribution in [0.3, 0.4) is 0 Å². The molecular weight excluding hydrogens is 170 g/mol. The van der Waals surface area contributed by atoms with Gasteiger partial charge in [-0.1, -0.05) is 0 Å². The summed E-state index contributed by atoms with van der Waals surface area (Å²) in [5.41, 5.74) is 7.71. The summed E-state index contributed by atoms with van der Waals surface area (Å²) in [6.45, 7) is 0. The van der Waals surface area contributed by atoms with E-state index >= 15 is 0 Å². The second kappa shape index (κ2) is 4.27.